The van der Waals surface area contributed by atoms with Crippen molar-refractivity contribution >= 4 is 28.3 Å². The molecule has 1 saturated heterocycles. The average Bonchev–Trinajstić information content (AvgIpc) is 3.21. The SMILES string of the molecule is Cc1ccc(C(=O)NC2CCNC2)cc1S(=O)(=O)NC1CCCC1.Cl. The van der Waals surface area contributed by atoms with E-state index in [-0.39, 0.29) is 35.3 Å². The van der Waals surface area contributed by atoms with Crippen LogP contribution in [-0.2, 0) is 10.0 Å². The second-order valence-electron chi connectivity index (χ2n) is 6.75. The molecule has 2 fully saturated rings. The van der Waals surface area contributed by atoms with Gasteiger partial charge in [0, 0.05) is 24.2 Å². The van der Waals surface area contributed by atoms with Gasteiger partial charge in [0.05, 0.1) is 4.90 Å². The number of halogens is 1. The summed E-state index contributed by atoms with van der Waals surface area (Å²) in [6, 6.07) is 4.99. The van der Waals surface area contributed by atoms with Gasteiger partial charge in [-0.15, -0.1) is 12.4 Å². The van der Waals surface area contributed by atoms with E-state index in [9.17, 15) is 13.2 Å². The standard InChI is InChI=1S/C17H25N3O3S.ClH/c1-12-6-7-13(17(21)19-15-8-9-18-11-15)10-16(12)24(22,23)20-14-4-2-3-5-14;/h6-7,10,14-15,18,20H,2-5,8-9,11H2,1H3,(H,19,21);1H. The quantitative estimate of drug-likeness (QED) is 0.718. The van der Waals surface area contributed by atoms with Crippen LogP contribution in [0.25, 0.3) is 0 Å². The van der Waals surface area contributed by atoms with Crippen LogP contribution in [0.15, 0.2) is 23.1 Å². The molecule has 0 bridgehead atoms. The minimum atomic E-state index is -3.60. The molecule has 2 aliphatic rings. The molecule has 1 atom stereocenters. The van der Waals surface area contributed by atoms with Gasteiger partial charge in [0.1, 0.15) is 0 Å². The van der Waals surface area contributed by atoms with Crippen LogP contribution >= 0.6 is 12.4 Å². The number of sulfonamides is 1. The maximum Gasteiger partial charge on any atom is 0.251 e. The van der Waals surface area contributed by atoms with Crippen molar-refractivity contribution < 1.29 is 13.2 Å². The first-order valence-electron chi connectivity index (χ1n) is 8.60. The van der Waals surface area contributed by atoms with E-state index in [2.05, 4.69) is 15.4 Å². The predicted molar refractivity (Wildman–Crippen MR) is 99.7 cm³/mol. The van der Waals surface area contributed by atoms with Crippen molar-refractivity contribution in [1.82, 2.24) is 15.4 Å². The van der Waals surface area contributed by atoms with Crippen LogP contribution in [0.3, 0.4) is 0 Å². The Morgan fingerprint density at radius 2 is 1.88 bits per heavy atom. The van der Waals surface area contributed by atoms with E-state index in [1.807, 2.05) is 0 Å². The molecule has 1 aliphatic heterocycles. The largest absolute Gasteiger partial charge is 0.348 e. The molecule has 8 heteroatoms. The van der Waals surface area contributed by atoms with Gasteiger partial charge in [-0.1, -0.05) is 18.9 Å². The number of carbonyl (C=O) groups excluding carboxylic acids is 1. The van der Waals surface area contributed by atoms with Crippen LogP contribution in [0, 0.1) is 6.92 Å². The van der Waals surface area contributed by atoms with E-state index < -0.39 is 10.0 Å². The lowest BCUT2D eigenvalue weighted by Crippen LogP contribution is -2.36. The van der Waals surface area contributed by atoms with E-state index in [4.69, 9.17) is 0 Å². The van der Waals surface area contributed by atoms with E-state index in [0.717, 1.165) is 45.2 Å². The molecule has 1 aromatic rings. The fourth-order valence-corrected chi connectivity index (χ4v) is 4.98. The first kappa shape index (κ1) is 20.2. The summed E-state index contributed by atoms with van der Waals surface area (Å²) >= 11 is 0. The number of hydrogen-bond acceptors (Lipinski definition) is 4. The smallest absolute Gasteiger partial charge is 0.251 e. The van der Waals surface area contributed by atoms with Crippen LogP contribution in [0.2, 0.25) is 0 Å². The van der Waals surface area contributed by atoms with Gasteiger partial charge in [-0.2, -0.15) is 0 Å². The lowest BCUT2D eigenvalue weighted by Gasteiger charge is -2.16. The van der Waals surface area contributed by atoms with Gasteiger partial charge in [0.15, 0.2) is 0 Å². The maximum absolute atomic E-state index is 12.7. The summed E-state index contributed by atoms with van der Waals surface area (Å²) in [5, 5.41) is 6.14. The molecule has 1 amide bonds. The number of amides is 1. The van der Waals surface area contributed by atoms with E-state index in [1.54, 1.807) is 19.1 Å². The Labute approximate surface area is 155 Å². The summed E-state index contributed by atoms with van der Waals surface area (Å²) in [6.07, 6.45) is 4.78. The van der Waals surface area contributed by atoms with Crippen molar-refractivity contribution in [3.05, 3.63) is 29.3 Å². The van der Waals surface area contributed by atoms with Crippen molar-refractivity contribution in [3.8, 4) is 0 Å². The molecular formula is C17H26ClN3O3S. The Hall–Kier alpha value is -1.15. The predicted octanol–water partition coefficient (Wildman–Crippen LogP) is 1.73. The molecular weight excluding hydrogens is 362 g/mol. The molecule has 1 aliphatic carbocycles. The molecule has 6 nitrogen and oxygen atoms in total. The van der Waals surface area contributed by atoms with Gasteiger partial charge in [-0.25, -0.2) is 13.1 Å². The Kier molecular flexibility index (Phi) is 6.85. The summed E-state index contributed by atoms with van der Waals surface area (Å²) < 4.78 is 28.1. The Balaban J connectivity index is 0.00000225. The molecule has 0 radical (unpaired) electrons. The van der Waals surface area contributed by atoms with Crippen LogP contribution in [-0.4, -0.2) is 39.5 Å². The van der Waals surface area contributed by atoms with E-state index in [1.165, 1.54) is 6.07 Å². The molecule has 1 saturated carbocycles. The van der Waals surface area contributed by atoms with Gasteiger partial charge >= 0.3 is 0 Å². The topological polar surface area (TPSA) is 87.3 Å². The summed E-state index contributed by atoms with van der Waals surface area (Å²) in [4.78, 5) is 12.6. The zero-order chi connectivity index (χ0) is 17.2. The van der Waals surface area contributed by atoms with Crippen LogP contribution < -0.4 is 15.4 Å². The fraction of sp³-hybridized carbons (Fsp3) is 0.588. The molecule has 0 aromatic heterocycles. The third kappa shape index (κ3) is 4.94. The van der Waals surface area contributed by atoms with E-state index in [0.29, 0.717) is 11.1 Å². The third-order valence-corrected chi connectivity index (χ3v) is 6.47. The number of benzene rings is 1. The normalized spacial score (nSPS) is 21.1. The minimum absolute atomic E-state index is 0. The number of carbonyl (C=O) groups is 1. The summed E-state index contributed by atoms with van der Waals surface area (Å²) in [5.74, 6) is -0.221. The Bertz CT molecular complexity index is 712. The highest BCUT2D eigenvalue weighted by atomic mass is 35.5. The molecule has 1 aromatic carbocycles. The van der Waals surface area contributed by atoms with Crippen molar-refractivity contribution in [2.45, 2.75) is 56.0 Å². The highest BCUT2D eigenvalue weighted by molar-refractivity contribution is 7.89. The van der Waals surface area contributed by atoms with Gasteiger partial charge < -0.3 is 10.6 Å². The molecule has 140 valence electrons. The molecule has 3 N–H and O–H groups in total. The van der Waals surface area contributed by atoms with Crippen molar-refractivity contribution in [1.29, 1.82) is 0 Å². The maximum atomic E-state index is 12.7. The second kappa shape index (κ2) is 8.49. The average molecular weight is 388 g/mol. The zero-order valence-corrected chi connectivity index (χ0v) is 16.0. The number of nitrogens with one attached hydrogen (secondary N) is 3. The monoisotopic (exact) mass is 387 g/mol. The molecule has 1 heterocycles. The van der Waals surface area contributed by atoms with Crippen molar-refractivity contribution in [2.24, 2.45) is 0 Å². The highest BCUT2D eigenvalue weighted by Crippen LogP contribution is 2.22. The van der Waals surface area contributed by atoms with Crippen LogP contribution in [0.5, 0.6) is 0 Å². The van der Waals surface area contributed by atoms with E-state index >= 15 is 0 Å². The fourth-order valence-electron chi connectivity index (χ4n) is 3.40. The van der Waals surface area contributed by atoms with Crippen molar-refractivity contribution in [2.75, 3.05) is 13.1 Å². The second-order valence-corrected chi connectivity index (χ2v) is 8.43. The Morgan fingerprint density at radius 3 is 2.52 bits per heavy atom. The summed E-state index contributed by atoms with van der Waals surface area (Å²) in [6.45, 7) is 3.40. The number of aryl methyl sites for hydroxylation is 1. The van der Waals surface area contributed by atoms with Crippen molar-refractivity contribution in [3.63, 3.8) is 0 Å². The highest BCUT2D eigenvalue weighted by Gasteiger charge is 2.25. The number of rotatable bonds is 5. The van der Waals surface area contributed by atoms with Crippen LogP contribution in [0.4, 0.5) is 0 Å². The lowest BCUT2D eigenvalue weighted by molar-refractivity contribution is 0.0940. The third-order valence-electron chi connectivity index (χ3n) is 4.81. The minimum Gasteiger partial charge on any atom is -0.348 e. The Morgan fingerprint density at radius 1 is 1.16 bits per heavy atom. The molecule has 0 spiro atoms. The first-order valence-corrected chi connectivity index (χ1v) is 10.1. The lowest BCUT2D eigenvalue weighted by atomic mass is 10.1. The molecule has 1 unspecified atom stereocenters. The zero-order valence-electron chi connectivity index (χ0n) is 14.4. The van der Waals surface area contributed by atoms with Gasteiger partial charge in [-0.05, 0) is 50.4 Å². The van der Waals surface area contributed by atoms with Gasteiger partial charge in [0.2, 0.25) is 10.0 Å². The summed E-state index contributed by atoms with van der Waals surface area (Å²) in [7, 11) is -3.60. The van der Waals surface area contributed by atoms with Gasteiger partial charge in [0.25, 0.3) is 5.91 Å². The number of hydrogen-bond donors (Lipinski definition) is 3. The van der Waals surface area contributed by atoms with Gasteiger partial charge in [-0.3, -0.25) is 4.79 Å². The molecule has 25 heavy (non-hydrogen) atoms. The molecule has 3 rings (SSSR count). The first-order chi connectivity index (χ1) is 11.5. The summed E-state index contributed by atoms with van der Waals surface area (Å²) in [5.41, 5.74) is 1.04. The van der Waals surface area contributed by atoms with Crippen LogP contribution in [0.1, 0.15) is 48.0 Å².